The van der Waals surface area contributed by atoms with Gasteiger partial charge in [0.05, 0.1) is 5.56 Å². The highest BCUT2D eigenvalue weighted by Gasteiger charge is 2.20. The van der Waals surface area contributed by atoms with E-state index in [1.807, 2.05) is 0 Å². The standard InChI is InChI=1S/C12H4F6/c13-6-1-2-7(14)12(18)11(6)5-3-9(16)10(17)4-8(5)15/h1-4H. The molecule has 0 aliphatic carbocycles. The summed E-state index contributed by atoms with van der Waals surface area (Å²) in [6, 6.07) is 1.47. The zero-order valence-electron chi connectivity index (χ0n) is 8.58. The van der Waals surface area contributed by atoms with Crippen LogP contribution in [0.5, 0.6) is 0 Å². The molecule has 0 bridgehead atoms. The first kappa shape index (κ1) is 12.5. The third-order valence-electron chi connectivity index (χ3n) is 2.32. The van der Waals surface area contributed by atoms with Crippen molar-refractivity contribution < 1.29 is 26.3 Å². The smallest absolute Gasteiger partial charge is 0.169 e. The lowest BCUT2D eigenvalue weighted by atomic mass is 10.0. The van der Waals surface area contributed by atoms with Crippen molar-refractivity contribution in [1.82, 2.24) is 0 Å². The highest BCUT2D eigenvalue weighted by Crippen LogP contribution is 2.31. The van der Waals surface area contributed by atoms with Crippen molar-refractivity contribution in [2.45, 2.75) is 0 Å². The zero-order valence-corrected chi connectivity index (χ0v) is 8.58. The molecule has 6 heteroatoms. The summed E-state index contributed by atoms with van der Waals surface area (Å²) in [5.74, 6) is -8.76. The molecule has 94 valence electrons. The molecule has 0 saturated heterocycles. The molecular weight excluding hydrogens is 258 g/mol. The van der Waals surface area contributed by atoms with E-state index in [-0.39, 0.29) is 12.1 Å². The first-order valence-corrected chi connectivity index (χ1v) is 4.70. The average Bonchev–Trinajstić information content (AvgIpc) is 2.31. The molecule has 0 unspecified atom stereocenters. The van der Waals surface area contributed by atoms with Crippen molar-refractivity contribution in [3.63, 3.8) is 0 Å². The summed E-state index contributed by atoms with van der Waals surface area (Å²) in [5, 5.41) is 0. The topological polar surface area (TPSA) is 0 Å². The third-order valence-corrected chi connectivity index (χ3v) is 2.32. The second-order valence-electron chi connectivity index (χ2n) is 3.46. The van der Waals surface area contributed by atoms with Gasteiger partial charge in [0.1, 0.15) is 11.6 Å². The molecule has 0 atom stereocenters. The maximum atomic E-state index is 13.4. The van der Waals surface area contributed by atoms with E-state index in [1.165, 1.54) is 0 Å². The van der Waals surface area contributed by atoms with Crippen LogP contribution in [0.15, 0.2) is 24.3 Å². The molecule has 0 spiro atoms. The monoisotopic (exact) mass is 262 g/mol. The van der Waals surface area contributed by atoms with Crippen LogP contribution in [0.3, 0.4) is 0 Å². The molecule has 0 heterocycles. The Morgan fingerprint density at radius 3 is 1.78 bits per heavy atom. The van der Waals surface area contributed by atoms with Crippen LogP contribution in [-0.4, -0.2) is 0 Å². The number of hydrogen-bond donors (Lipinski definition) is 0. The fraction of sp³-hybridized carbons (Fsp3) is 0. The lowest BCUT2D eigenvalue weighted by molar-refractivity contribution is 0.488. The van der Waals surface area contributed by atoms with Crippen LogP contribution in [0.4, 0.5) is 26.3 Å². The summed E-state index contributed by atoms with van der Waals surface area (Å²) in [6.07, 6.45) is 0. The highest BCUT2D eigenvalue weighted by molar-refractivity contribution is 5.65. The minimum atomic E-state index is -1.67. The van der Waals surface area contributed by atoms with Crippen molar-refractivity contribution in [2.75, 3.05) is 0 Å². The van der Waals surface area contributed by atoms with E-state index < -0.39 is 46.0 Å². The maximum absolute atomic E-state index is 13.4. The number of halogens is 6. The summed E-state index contributed by atoms with van der Waals surface area (Å²) < 4.78 is 78.6. The third kappa shape index (κ3) is 1.94. The summed E-state index contributed by atoms with van der Waals surface area (Å²) in [7, 11) is 0. The van der Waals surface area contributed by atoms with Gasteiger partial charge in [-0.2, -0.15) is 0 Å². The van der Waals surface area contributed by atoms with Gasteiger partial charge in [-0.3, -0.25) is 0 Å². The quantitative estimate of drug-likeness (QED) is 0.534. The molecule has 2 aromatic rings. The Kier molecular flexibility index (Phi) is 3.02. The predicted molar refractivity (Wildman–Crippen MR) is 51.6 cm³/mol. The normalized spacial score (nSPS) is 10.8. The second-order valence-corrected chi connectivity index (χ2v) is 3.46. The van der Waals surface area contributed by atoms with E-state index >= 15 is 0 Å². The second kappa shape index (κ2) is 4.36. The van der Waals surface area contributed by atoms with Crippen LogP contribution in [0, 0.1) is 34.9 Å². The van der Waals surface area contributed by atoms with Crippen molar-refractivity contribution in [2.24, 2.45) is 0 Å². The first-order chi connectivity index (χ1) is 8.41. The molecular formula is C12H4F6. The minimum absolute atomic E-state index is 0.133. The van der Waals surface area contributed by atoms with Gasteiger partial charge < -0.3 is 0 Å². The Bertz CT molecular complexity index is 620. The Morgan fingerprint density at radius 2 is 1.11 bits per heavy atom. The lowest BCUT2D eigenvalue weighted by Gasteiger charge is -2.07. The van der Waals surface area contributed by atoms with Crippen LogP contribution >= 0.6 is 0 Å². The van der Waals surface area contributed by atoms with Crippen molar-refractivity contribution in [3.8, 4) is 11.1 Å². The predicted octanol–water partition coefficient (Wildman–Crippen LogP) is 4.19. The van der Waals surface area contributed by atoms with Gasteiger partial charge in [-0.15, -0.1) is 0 Å². The van der Waals surface area contributed by atoms with Crippen LogP contribution in [0.2, 0.25) is 0 Å². The summed E-state index contributed by atoms with van der Waals surface area (Å²) in [6.45, 7) is 0. The van der Waals surface area contributed by atoms with Crippen LogP contribution < -0.4 is 0 Å². The van der Waals surface area contributed by atoms with Gasteiger partial charge in [0.2, 0.25) is 0 Å². The van der Waals surface area contributed by atoms with E-state index in [0.29, 0.717) is 12.1 Å². The van der Waals surface area contributed by atoms with E-state index in [2.05, 4.69) is 0 Å². The Hall–Kier alpha value is -1.98. The zero-order chi connectivity index (χ0) is 13.4. The van der Waals surface area contributed by atoms with Crippen LogP contribution in [-0.2, 0) is 0 Å². The molecule has 0 aromatic heterocycles. The molecule has 0 N–H and O–H groups in total. The molecule has 0 nitrogen and oxygen atoms in total. The Morgan fingerprint density at radius 1 is 0.556 bits per heavy atom. The number of hydrogen-bond acceptors (Lipinski definition) is 0. The highest BCUT2D eigenvalue weighted by atomic mass is 19.2. The molecule has 0 fully saturated rings. The van der Waals surface area contributed by atoms with Crippen LogP contribution in [0.25, 0.3) is 11.1 Å². The summed E-state index contributed by atoms with van der Waals surface area (Å²) in [5.41, 5.74) is -1.96. The molecule has 0 radical (unpaired) electrons. The largest absolute Gasteiger partial charge is 0.206 e. The minimum Gasteiger partial charge on any atom is -0.206 e. The number of rotatable bonds is 1. The molecule has 0 aliphatic heterocycles. The summed E-state index contributed by atoms with van der Waals surface area (Å²) >= 11 is 0. The molecule has 18 heavy (non-hydrogen) atoms. The van der Waals surface area contributed by atoms with Gasteiger partial charge >= 0.3 is 0 Å². The van der Waals surface area contributed by atoms with E-state index in [0.717, 1.165) is 0 Å². The van der Waals surface area contributed by atoms with Gasteiger partial charge in [0, 0.05) is 11.6 Å². The van der Waals surface area contributed by atoms with Crippen molar-refractivity contribution in [3.05, 3.63) is 59.2 Å². The van der Waals surface area contributed by atoms with Crippen LogP contribution in [0.1, 0.15) is 0 Å². The van der Waals surface area contributed by atoms with Crippen molar-refractivity contribution >= 4 is 0 Å². The van der Waals surface area contributed by atoms with Gasteiger partial charge in [-0.1, -0.05) is 0 Å². The maximum Gasteiger partial charge on any atom is 0.169 e. The average molecular weight is 262 g/mol. The van der Waals surface area contributed by atoms with Gasteiger partial charge in [-0.05, 0) is 18.2 Å². The van der Waals surface area contributed by atoms with Gasteiger partial charge in [-0.25, -0.2) is 26.3 Å². The molecule has 2 aromatic carbocycles. The Balaban J connectivity index is 2.77. The first-order valence-electron chi connectivity index (χ1n) is 4.70. The lowest BCUT2D eigenvalue weighted by Crippen LogP contribution is -1.98. The fourth-order valence-corrected chi connectivity index (χ4v) is 1.49. The fourth-order valence-electron chi connectivity index (χ4n) is 1.49. The number of benzene rings is 2. The van der Waals surface area contributed by atoms with Crippen molar-refractivity contribution in [1.29, 1.82) is 0 Å². The summed E-state index contributed by atoms with van der Waals surface area (Å²) in [4.78, 5) is 0. The molecule has 0 aliphatic rings. The van der Waals surface area contributed by atoms with E-state index in [9.17, 15) is 26.3 Å². The van der Waals surface area contributed by atoms with Gasteiger partial charge in [0.25, 0.3) is 0 Å². The van der Waals surface area contributed by atoms with E-state index in [4.69, 9.17) is 0 Å². The molecule has 0 saturated carbocycles. The SMILES string of the molecule is Fc1cc(F)c(-c2c(F)ccc(F)c2F)cc1F. The molecule has 2 rings (SSSR count). The Labute approximate surface area is 97.5 Å². The molecule has 0 amide bonds. The van der Waals surface area contributed by atoms with E-state index in [1.54, 1.807) is 0 Å². The van der Waals surface area contributed by atoms with Gasteiger partial charge in [0.15, 0.2) is 23.3 Å².